The van der Waals surface area contributed by atoms with E-state index in [1.54, 1.807) is 13.8 Å². The minimum Gasteiger partial charge on any atom is -0.480 e. The van der Waals surface area contributed by atoms with E-state index >= 15 is 0 Å². The topological polar surface area (TPSA) is 84.2 Å². The minimum absolute atomic E-state index is 0.232. The number of thioether (sulfide) groups is 1. The van der Waals surface area contributed by atoms with Gasteiger partial charge in [0.15, 0.2) is 0 Å². The number of unbranched alkanes of at least 4 members (excludes halogenated alkanes) is 2. The van der Waals surface area contributed by atoms with Crippen molar-refractivity contribution in [3.63, 3.8) is 0 Å². The third kappa shape index (κ3) is 6.05. The molecule has 0 bridgehead atoms. The van der Waals surface area contributed by atoms with E-state index in [0.717, 1.165) is 53.5 Å². The first kappa shape index (κ1) is 24.6. The summed E-state index contributed by atoms with van der Waals surface area (Å²) in [7, 11) is 0. The smallest absolute Gasteiger partial charge is 0.319 e. The van der Waals surface area contributed by atoms with Crippen molar-refractivity contribution in [2.24, 2.45) is 0 Å². The summed E-state index contributed by atoms with van der Waals surface area (Å²) in [6.45, 7) is 8.26. The largest absolute Gasteiger partial charge is 0.480 e. The molecular weight excluding hydrogens is 434 g/mol. The Morgan fingerprint density at radius 3 is 2.33 bits per heavy atom. The molecule has 6 nitrogen and oxygen atoms in total. The number of carbonyl (C=O) groups excluding carboxylic acids is 1. The zero-order chi connectivity index (χ0) is 24.0. The molecule has 0 radical (unpaired) electrons. The third-order valence-corrected chi connectivity index (χ3v) is 6.65. The zero-order valence-electron chi connectivity index (χ0n) is 19.6. The summed E-state index contributed by atoms with van der Waals surface area (Å²) in [6, 6.07) is 17.1. The second-order valence-electron chi connectivity index (χ2n) is 8.49. The molecule has 0 atom stereocenters. The van der Waals surface area contributed by atoms with Crippen molar-refractivity contribution < 1.29 is 14.7 Å². The number of carboxylic acids is 1. The second-order valence-corrected chi connectivity index (χ2v) is 10.2. The average Bonchev–Trinajstić information content (AvgIpc) is 3.11. The first-order valence-electron chi connectivity index (χ1n) is 11.2. The number of anilines is 1. The van der Waals surface area contributed by atoms with Crippen LogP contribution in [0.5, 0.6) is 0 Å². The fraction of sp³-hybridized carbons (Fsp3) is 0.346. The minimum atomic E-state index is -0.917. The van der Waals surface area contributed by atoms with Gasteiger partial charge >= 0.3 is 5.97 Å². The molecule has 3 aromatic rings. The number of para-hydroxylation sites is 1. The summed E-state index contributed by atoms with van der Waals surface area (Å²) >= 11 is 1.30. The first-order chi connectivity index (χ1) is 15.7. The molecule has 0 saturated heterocycles. The van der Waals surface area contributed by atoms with Crippen LogP contribution >= 0.6 is 11.8 Å². The summed E-state index contributed by atoms with van der Waals surface area (Å²) in [4.78, 5) is 30.0. The molecule has 0 aliphatic heterocycles. The predicted molar refractivity (Wildman–Crippen MR) is 134 cm³/mol. The summed E-state index contributed by atoms with van der Waals surface area (Å²) in [5.74, 6) is -0.340. The van der Waals surface area contributed by atoms with Gasteiger partial charge in [-0.15, -0.1) is 11.8 Å². The molecule has 1 amide bonds. The molecular formula is C26H31N3O3S. The lowest BCUT2D eigenvalue weighted by molar-refractivity contribution is -0.138. The maximum absolute atomic E-state index is 13.0. The lowest BCUT2D eigenvalue weighted by atomic mass is 10.2. The van der Waals surface area contributed by atoms with Gasteiger partial charge in [-0.2, -0.15) is 0 Å². The van der Waals surface area contributed by atoms with E-state index < -0.39 is 10.7 Å². The van der Waals surface area contributed by atoms with Crippen LogP contribution in [-0.2, 0) is 11.3 Å². The van der Waals surface area contributed by atoms with Crippen LogP contribution in [0.1, 0.15) is 56.2 Å². The number of benzene rings is 2. The highest BCUT2D eigenvalue weighted by molar-refractivity contribution is 8.01. The van der Waals surface area contributed by atoms with E-state index in [0.29, 0.717) is 5.69 Å². The molecule has 2 aromatic carbocycles. The average molecular weight is 466 g/mol. The Morgan fingerprint density at radius 1 is 1.06 bits per heavy atom. The Balaban J connectivity index is 1.91. The van der Waals surface area contributed by atoms with Gasteiger partial charge < -0.3 is 15.0 Å². The molecule has 0 aliphatic carbocycles. The third-order valence-electron chi connectivity index (χ3n) is 5.45. The molecule has 3 rings (SSSR count). The molecule has 2 N–H and O–H groups in total. The lowest BCUT2D eigenvalue weighted by Gasteiger charge is -2.18. The highest BCUT2D eigenvalue weighted by atomic mass is 32.2. The standard InChI is InChI=1S/C26H31N3O3S/c1-5-6-10-17-29-18(2)22(24(30)27-20-11-8-7-9-12-20)28-23(29)19-13-15-21(16-14-19)33-26(3,4)25(31)32/h7-9,11-16H,5-6,10,17H2,1-4H3,(H,27,30)(H,31,32). The molecule has 0 fully saturated rings. The van der Waals surface area contributed by atoms with Crippen LogP contribution in [-0.4, -0.2) is 31.3 Å². The molecule has 7 heteroatoms. The zero-order valence-corrected chi connectivity index (χ0v) is 20.4. The van der Waals surface area contributed by atoms with Crippen molar-refractivity contribution in [2.45, 2.75) is 63.1 Å². The Hall–Kier alpha value is -3.06. The number of carbonyl (C=O) groups is 2. The van der Waals surface area contributed by atoms with Crippen LogP contribution in [0.15, 0.2) is 59.5 Å². The van der Waals surface area contributed by atoms with Gasteiger partial charge in [0.25, 0.3) is 5.91 Å². The van der Waals surface area contributed by atoms with Gasteiger partial charge in [0.2, 0.25) is 0 Å². The number of imidazole rings is 1. The number of aliphatic carboxylic acids is 1. The number of carboxylic acid groups (broad SMARTS) is 1. The molecule has 33 heavy (non-hydrogen) atoms. The van der Waals surface area contributed by atoms with Gasteiger partial charge in [0.05, 0.1) is 0 Å². The van der Waals surface area contributed by atoms with Crippen LogP contribution < -0.4 is 5.32 Å². The van der Waals surface area contributed by atoms with E-state index in [2.05, 4.69) is 16.8 Å². The van der Waals surface area contributed by atoms with Crippen LogP contribution in [0.3, 0.4) is 0 Å². The van der Waals surface area contributed by atoms with Gasteiger partial charge in [-0.25, -0.2) is 4.98 Å². The Bertz CT molecular complexity index is 1110. The Labute approximate surface area is 199 Å². The van der Waals surface area contributed by atoms with Gasteiger partial charge in [-0.1, -0.05) is 50.1 Å². The van der Waals surface area contributed by atoms with Crippen LogP contribution in [0.2, 0.25) is 0 Å². The van der Waals surface area contributed by atoms with Gasteiger partial charge in [0, 0.05) is 28.4 Å². The maximum Gasteiger partial charge on any atom is 0.319 e. The van der Waals surface area contributed by atoms with Crippen molar-refractivity contribution in [3.05, 3.63) is 66.0 Å². The number of nitrogens with zero attached hydrogens (tertiary/aromatic N) is 2. The van der Waals surface area contributed by atoms with E-state index in [-0.39, 0.29) is 5.91 Å². The molecule has 0 aliphatic rings. The molecule has 0 saturated carbocycles. The normalized spacial score (nSPS) is 11.4. The summed E-state index contributed by atoms with van der Waals surface area (Å²) < 4.78 is 1.19. The SMILES string of the molecule is CCCCCn1c(-c2ccc(SC(C)(C)C(=O)O)cc2)nc(C(=O)Nc2ccccc2)c1C. The predicted octanol–water partition coefficient (Wildman–Crippen LogP) is 6.26. The molecule has 0 unspecified atom stereocenters. The van der Waals surface area contributed by atoms with Crippen LogP contribution in [0, 0.1) is 6.92 Å². The molecule has 1 aromatic heterocycles. The number of hydrogen-bond donors (Lipinski definition) is 2. The van der Waals surface area contributed by atoms with Gasteiger partial charge in [-0.3, -0.25) is 9.59 Å². The summed E-state index contributed by atoms with van der Waals surface area (Å²) in [5, 5.41) is 12.3. The highest BCUT2D eigenvalue weighted by Crippen LogP contribution is 2.34. The van der Waals surface area contributed by atoms with E-state index in [4.69, 9.17) is 4.98 Å². The first-order valence-corrected chi connectivity index (χ1v) is 12.0. The van der Waals surface area contributed by atoms with Crippen LogP contribution in [0.25, 0.3) is 11.4 Å². The number of hydrogen-bond acceptors (Lipinski definition) is 4. The monoisotopic (exact) mass is 465 g/mol. The summed E-state index contributed by atoms with van der Waals surface area (Å²) in [6.07, 6.45) is 3.21. The van der Waals surface area contributed by atoms with Crippen molar-refractivity contribution in [1.29, 1.82) is 0 Å². The Kier molecular flexibility index (Phi) is 7.97. The van der Waals surface area contributed by atoms with Gasteiger partial charge in [0.1, 0.15) is 16.3 Å². The fourth-order valence-electron chi connectivity index (χ4n) is 3.48. The second kappa shape index (κ2) is 10.7. The van der Waals surface area contributed by atoms with Gasteiger partial charge in [-0.05, 0) is 51.5 Å². The number of nitrogens with one attached hydrogen (secondary N) is 1. The maximum atomic E-state index is 13.0. The Morgan fingerprint density at radius 2 is 1.73 bits per heavy atom. The quantitative estimate of drug-likeness (QED) is 0.273. The highest BCUT2D eigenvalue weighted by Gasteiger charge is 2.28. The van der Waals surface area contributed by atoms with Crippen molar-refractivity contribution in [3.8, 4) is 11.4 Å². The van der Waals surface area contributed by atoms with Crippen molar-refractivity contribution in [1.82, 2.24) is 9.55 Å². The van der Waals surface area contributed by atoms with Crippen molar-refractivity contribution in [2.75, 3.05) is 5.32 Å². The number of amides is 1. The fourth-order valence-corrected chi connectivity index (χ4v) is 4.43. The number of rotatable bonds is 10. The molecule has 1 heterocycles. The van der Waals surface area contributed by atoms with E-state index in [1.807, 2.05) is 61.5 Å². The lowest BCUT2D eigenvalue weighted by Crippen LogP contribution is -2.26. The van der Waals surface area contributed by atoms with Crippen molar-refractivity contribution >= 4 is 29.3 Å². The van der Waals surface area contributed by atoms with E-state index in [9.17, 15) is 14.7 Å². The van der Waals surface area contributed by atoms with E-state index in [1.165, 1.54) is 11.8 Å². The molecule has 174 valence electrons. The van der Waals surface area contributed by atoms with Crippen LogP contribution in [0.4, 0.5) is 5.69 Å². The molecule has 0 spiro atoms. The summed E-state index contributed by atoms with van der Waals surface area (Å²) in [5.41, 5.74) is 2.87. The number of aromatic nitrogens is 2.